The molecule has 2 N–H and O–H groups in total. The second-order valence-electron chi connectivity index (χ2n) is 5.58. The van der Waals surface area contributed by atoms with Crippen molar-refractivity contribution in [2.24, 2.45) is 5.73 Å². The Morgan fingerprint density at radius 1 is 1.30 bits per heavy atom. The Labute approximate surface area is 120 Å². The zero-order valence-corrected chi connectivity index (χ0v) is 12.4. The summed E-state index contributed by atoms with van der Waals surface area (Å²) >= 11 is 0. The molecule has 20 heavy (non-hydrogen) atoms. The third-order valence-corrected chi connectivity index (χ3v) is 4.29. The van der Waals surface area contributed by atoms with Crippen LogP contribution in [0.5, 0.6) is 0 Å². The SMILES string of the molecule is CCC(N)C(c1ccc(F)cc1)N(C)C1CCOCC1. The van der Waals surface area contributed by atoms with Crippen molar-refractivity contribution in [3.8, 4) is 0 Å². The highest BCUT2D eigenvalue weighted by Gasteiger charge is 2.29. The Hall–Kier alpha value is -0.970. The first-order valence-electron chi connectivity index (χ1n) is 7.44. The average molecular weight is 280 g/mol. The highest BCUT2D eigenvalue weighted by atomic mass is 19.1. The zero-order chi connectivity index (χ0) is 14.5. The molecule has 2 unspecified atom stereocenters. The van der Waals surface area contributed by atoms with E-state index < -0.39 is 0 Å². The molecule has 112 valence electrons. The number of halogens is 1. The van der Waals surface area contributed by atoms with E-state index >= 15 is 0 Å². The van der Waals surface area contributed by atoms with Gasteiger partial charge in [-0.05, 0) is 44.0 Å². The molecule has 1 aromatic rings. The van der Waals surface area contributed by atoms with Crippen molar-refractivity contribution >= 4 is 0 Å². The van der Waals surface area contributed by atoms with Crippen LogP contribution in [0.2, 0.25) is 0 Å². The van der Waals surface area contributed by atoms with Crippen LogP contribution in [0.1, 0.15) is 37.8 Å². The molecule has 3 nitrogen and oxygen atoms in total. The molecule has 4 heteroatoms. The van der Waals surface area contributed by atoms with Crippen LogP contribution in [0.25, 0.3) is 0 Å². The Morgan fingerprint density at radius 3 is 2.45 bits per heavy atom. The van der Waals surface area contributed by atoms with Crippen molar-refractivity contribution in [2.75, 3.05) is 20.3 Å². The molecule has 2 atom stereocenters. The summed E-state index contributed by atoms with van der Waals surface area (Å²) in [5.74, 6) is -0.203. The Morgan fingerprint density at radius 2 is 1.90 bits per heavy atom. The van der Waals surface area contributed by atoms with E-state index in [1.165, 1.54) is 12.1 Å². The van der Waals surface area contributed by atoms with Gasteiger partial charge < -0.3 is 10.5 Å². The standard InChI is InChI=1S/C16H25FN2O/c1-3-15(18)16(12-4-6-13(17)7-5-12)19(2)14-8-10-20-11-9-14/h4-7,14-16H,3,8-11,18H2,1-2H3. The van der Waals surface area contributed by atoms with Gasteiger partial charge in [0.1, 0.15) is 5.82 Å². The molecule has 1 aliphatic heterocycles. The van der Waals surface area contributed by atoms with Gasteiger partial charge in [0.05, 0.1) is 0 Å². The number of ether oxygens (including phenoxy) is 1. The van der Waals surface area contributed by atoms with Crippen LogP contribution >= 0.6 is 0 Å². The van der Waals surface area contributed by atoms with E-state index in [1.807, 2.05) is 12.1 Å². The number of likely N-dealkylation sites (N-methyl/N-ethyl adjacent to an activating group) is 1. The molecule has 1 aliphatic rings. The van der Waals surface area contributed by atoms with Crippen molar-refractivity contribution in [3.05, 3.63) is 35.6 Å². The maximum absolute atomic E-state index is 13.1. The summed E-state index contributed by atoms with van der Waals surface area (Å²) in [5, 5.41) is 0. The van der Waals surface area contributed by atoms with Crippen molar-refractivity contribution in [1.29, 1.82) is 0 Å². The minimum Gasteiger partial charge on any atom is -0.381 e. The van der Waals surface area contributed by atoms with Gasteiger partial charge in [-0.15, -0.1) is 0 Å². The van der Waals surface area contributed by atoms with Crippen LogP contribution in [0.4, 0.5) is 4.39 Å². The van der Waals surface area contributed by atoms with Gasteiger partial charge in [0.25, 0.3) is 0 Å². The Balaban J connectivity index is 2.19. The molecule has 1 heterocycles. The number of hydrogen-bond acceptors (Lipinski definition) is 3. The molecule has 0 aromatic heterocycles. The molecule has 0 bridgehead atoms. The first-order valence-corrected chi connectivity index (χ1v) is 7.44. The van der Waals surface area contributed by atoms with Crippen LogP contribution in [-0.2, 0) is 4.74 Å². The molecule has 0 radical (unpaired) electrons. The van der Waals surface area contributed by atoms with E-state index in [0.29, 0.717) is 6.04 Å². The Bertz CT molecular complexity index is 403. The largest absolute Gasteiger partial charge is 0.381 e. The van der Waals surface area contributed by atoms with E-state index in [9.17, 15) is 4.39 Å². The second kappa shape index (κ2) is 7.16. The lowest BCUT2D eigenvalue weighted by molar-refractivity contribution is 0.0233. The third kappa shape index (κ3) is 3.57. The molecule has 1 fully saturated rings. The normalized spacial score (nSPS) is 20.1. The van der Waals surface area contributed by atoms with E-state index in [1.54, 1.807) is 0 Å². The lowest BCUT2D eigenvalue weighted by Gasteiger charge is -2.40. The van der Waals surface area contributed by atoms with Gasteiger partial charge in [0.2, 0.25) is 0 Å². The molecule has 0 aliphatic carbocycles. The summed E-state index contributed by atoms with van der Waals surface area (Å²) in [4.78, 5) is 2.35. The van der Waals surface area contributed by atoms with E-state index in [0.717, 1.165) is 38.0 Å². The van der Waals surface area contributed by atoms with Gasteiger partial charge in [-0.25, -0.2) is 4.39 Å². The highest BCUT2D eigenvalue weighted by Crippen LogP contribution is 2.28. The fourth-order valence-electron chi connectivity index (χ4n) is 2.99. The second-order valence-corrected chi connectivity index (χ2v) is 5.58. The number of nitrogens with two attached hydrogens (primary N) is 1. The maximum atomic E-state index is 13.1. The molecule has 1 saturated heterocycles. The predicted octanol–water partition coefficient (Wildman–Crippen LogP) is 2.71. The maximum Gasteiger partial charge on any atom is 0.123 e. The van der Waals surface area contributed by atoms with Gasteiger partial charge in [0.15, 0.2) is 0 Å². The molecule has 0 amide bonds. The first kappa shape index (κ1) is 15.4. The van der Waals surface area contributed by atoms with Gasteiger partial charge in [0, 0.05) is 31.3 Å². The topological polar surface area (TPSA) is 38.5 Å². The summed E-state index contributed by atoms with van der Waals surface area (Å²) in [7, 11) is 2.12. The van der Waals surface area contributed by atoms with Crippen LogP contribution in [0, 0.1) is 5.82 Å². The van der Waals surface area contributed by atoms with Crippen LogP contribution in [-0.4, -0.2) is 37.2 Å². The number of rotatable bonds is 5. The quantitative estimate of drug-likeness (QED) is 0.901. The number of nitrogens with zero attached hydrogens (tertiary/aromatic N) is 1. The smallest absolute Gasteiger partial charge is 0.123 e. The van der Waals surface area contributed by atoms with Crippen molar-refractivity contribution in [1.82, 2.24) is 4.90 Å². The fraction of sp³-hybridized carbons (Fsp3) is 0.625. The fourth-order valence-corrected chi connectivity index (χ4v) is 2.99. The molecular formula is C16H25FN2O. The van der Waals surface area contributed by atoms with E-state index in [2.05, 4.69) is 18.9 Å². The first-order chi connectivity index (χ1) is 9.63. The average Bonchev–Trinajstić information content (AvgIpc) is 2.50. The van der Waals surface area contributed by atoms with Crippen molar-refractivity contribution in [3.63, 3.8) is 0 Å². The summed E-state index contributed by atoms with van der Waals surface area (Å²) in [6.45, 7) is 3.72. The lowest BCUT2D eigenvalue weighted by atomic mass is 9.94. The van der Waals surface area contributed by atoms with Gasteiger partial charge in [-0.2, -0.15) is 0 Å². The van der Waals surface area contributed by atoms with Crippen LogP contribution in [0.3, 0.4) is 0 Å². The lowest BCUT2D eigenvalue weighted by Crippen LogP contribution is -2.45. The zero-order valence-electron chi connectivity index (χ0n) is 12.4. The molecule has 1 aromatic carbocycles. The summed E-state index contributed by atoms with van der Waals surface area (Å²) in [6.07, 6.45) is 2.96. The van der Waals surface area contributed by atoms with Crippen LogP contribution < -0.4 is 5.73 Å². The van der Waals surface area contributed by atoms with Crippen molar-refractivity contribution < 1.29 is 9.13 Å². The molecule has 0 saturated carbocycles. The van der Waals surface area contributed by atoms with Gasteiger partial charge >= 0.3 is 0 Å². The van der Waals surface area contributed by atoms with E-state index in [-0.39, 0.29) is 17.9 Å². The summed E-state index contributed by atoms with van der Waals surface area (Å²) < 4.78 is 18.6. The monoisotopic (exact) mass is 280 g/mol. The Kier molecular flexibility index (Phi) is 5.52. The predicted molar refractivity (Wildman–Crippen MR) is 79.0 cm³/mol. The van der Waals surface area contributed by atoms with Crippen LogP contribution in [0.15, 0.2) is 24.3 Å². The molecule has 0 spiro atoms. The molecule has 2 rings (SSSR count). The van der Waals surface area contributed by atoms with Gasteiger partial charge in [-0.1, -0.05) is 19.1 Å². The summed E-state index contributed by atoms with van der Waals surface area (Å²) in [5.41, 5.74) is 7.42. The van der Waals surface area contributed by atoms with E-state index in [4.69, 9.17) is 10.5 Å². The third-order valence-electron chi connectivity index (χ3n) is 4.29. The minimum atomic E-state index is -0.203. The number of benzene rings is 1. The minimum absolute atomic E-state index is 0.0494. The number of hydrogen-bond donors (Lipinski definition) is 1. The van der Waals surface area contributed by atoms with Crippen molar-refractivity contribution in [2.45, 2.75) is 44.3 Å². The highest BCUT2D eigenvalue weighted by molar-refractivity contribution is 5.22. The summed E-state index contributed by atoms with van der Waals surface area (Å²) in [6, 6.07) is 7.40. The van der Waals surface area contributed by atoms with Gasteiger partial charge in [-0.3, -0.25) is 4.90 Å². The molecular weight excluding hydrogens is 255 g/mol.